The molecule has 41 heavy (non-hydrogen) atoms. The Labute approximate surface area is 241 Å². The van der Waals surface area contributed by atoms with Crippen molar-refractivity contribution in [2.45, 2.75) is 32.6 Å². The van der Waals surface area contributed by atoms with Crippen LogP contribution in [-0.4, -0.2) is 67.2 Å². The Morgan fingerprint density at radius 1 is 1.10 bits per heavy atom. The molecule has 1 fully saturated rings. The van der Waals surface area contributed by atoms with Crippen LogP contribution in [0.5, 0.6) is 0 Å². The topological polar surface area (TPSA) is 176 Å². The number of pyridine rings is 1. The Hall–Kier alpha value is -4.28. The number of nitrogens with two attached hydrogens (primary N) is 3. The fraction of sp³-hybridized carbons (Fsp3) is 0.355. The summed E-state index contributed by atoms with van der Waals surface area (Å²) in [5.74, 6) is 0.0677. The van der Waals surface area contributed by atoms with Crippen LogP contribution in [0.1, 0.15) is 46.8 Å². The first kappa shape index (κ1) is 31.3. The van der Waals surface area contributed by atoms with E-state index < -0.39 is 0 Å². The van der Waals surface area contributed by atoms with E-state index in [-0.39, 0.29) is 11.8 Å². The minimum Gasteiger partial charge on any atom is -0.405 e. The molecular weight excluding hydrogens is 516 g/mol. The van der Waals surface area contributed by atoms with Crippen molar-refractivity contribution in [3.8, 4) is 11.3 Å². The number of anilines is 1. The maximum Gasteiger partial charge on any atom is 0.253 e. The highest BCUT2D eigenvalue weighted by atomic mass is 16.2. The predicted octanol–water partition coefficient (Wildman–Crippen LogP) is 2.58. The van der Waals surface area contributed by atoms with Crippen molar-refractivity contribution >= 4 is 34.6 Å². The van der Waals surface area contributed by atoms with E-state index in [9.17, 15) is 9.59 Å². The van der Waals surface area contributed by atoms with Crippen LogP contribution in [-0.2, 0) is 17.6 Å². The first-order valence-corrected chi connectivity index (χ1v) is 14.0. The number of nitrogens with zero attached hydrogens (tertiary/aromatic N) is 2. The summed E-state index contributed by atoms with van der Waals surface area (Å²) in [4.78, 5) is 29.8. The summed E-state index contributed by atoms with van der Waals surface area (Å²) < 4.78 is 0. The summed E-state index contributed by atoms with van der Waals surface area (Å²) in [6.07, 6.45) is 6.82. The summed E-state index contributed by atoms with van der Waals surface area (Å²) in [6, 6.07) is 11.7. The van der Waals surface area contributed by atoms with Gasteiger partial charge in [0.05, 0.1) is 11.2 Å². The molecule has 0 spiro atoms. The lowest BCUT2D eigenvalue weighted by Gasteiger charge is -2.27. The van der Waals surface area contributed by atoms with E-state index in [4.69, 9.17) is 21.9 Å². The number of fused-ring (bicyclic) bond motifs is 3. The highest BCUT2D eigenvalue weighted by Crippen LogP contribution is 2.37. The van der Waals surface area contributed by atoms with Gasteiger partial charge in [-0.1, -0.05) is 18.7 Å². The van der Waals surface area contributed by atoms with E-state index in [1.54, 1.807) is 0 Å². The highest BCUT2D eigenvalue weighted by molar-refractivity contribution is 6.05. The third kappa shape index (κ3) is 7.90. The van der Waals surface area contributed by atoms with Gasteiger partial charge < -0.3 is 38.1 Å². The molecule has 5 rings (SSSR count). The van der Waals surface area contributed by atoms with E-state index in [2.05, 4.69) is 22.9 Å². The van der Waals surface area contributed by atoms with Gasteiger partial charge in [-0.3, -0.25) is 9.59 Å². The zero-order chi connectivity index (χ0) is 29.8. The van der Waals surface area contributed by atoms with E-state index in [1.807, 2.05) is 41.3 Å². The summed E-state index contributed by atoms with van der Waals surface area (Å²) in [6.45, 7) is 8.89. The van der Waals surface area contributed by atoms with Crippen LogP contribution in [0, 0.1) is 5.41 Å². The molecule has 0 atom stereocenters. The van der Waals surface area contributed by atoms with Crippen molar-refractivity contribution in [1.82, 2.24) is 20.5 Å². The first-order valence-electron chi connectivity index (χ1n) is 14.0. The normalized spacial score (nSPS) is 14.0. The highest BCUT2D eigenvalue weighted by Gasteiger charge is 2.22. The van der Waals surface area contributed by atoms with Crippen LogP contribution in [0.2, 0.25) is 0 Å². The SMILES string of the molecule is C=CN.CC(=O)NCCN.N=Cc1c(N)ccc2nc(-c3ccc(C(=O)N4CCNCC4)cc3)c3c(c12)CCCC3. The maximum absolute atomic E-state index is 12.8. The molecule has 2 amide bonds. The maximum atomic E-state index is 12.8. The molecule has 3 aromatic rings. The molecule has 0 unspecified atom stereocenters. The van der Waals surface area contributed by atoms with Gasteiger partial charge >= 0.3 is 0 Å². The number of rotatable bonds is 5. The van der Waals surface area contributed by atoms with Crippen molar-refractivity contribution in [2.24, 2.45) is 11.5 Å². The molecule has 9 N–H and O–H groups in total. The zero-order valence-corrected chi connectivity index (χ0v) is 23.8. The number of aromatic nitrogens is 1. The fourth-order valence-electron chi connectivity index (χ4n) is 5.13. The van der Waals surface area contributed by atoms with Crippen LogP contribution in [0.15, 0.2) is 49.2 Å². The van der Waals surface area contributed by atoms with E-state index in [0.717, 1.165) is 85.1 Å². The minimum atomic E-state index is -0.0227. The molecule has 1 aromatic heterocycles. The van der Waals surface area contributed by atoms with E-state index in [0.29, 0.717) is 18.8 Å². The number of amides is 2. The number of hydrogen-bond donors (Lipinski definition) is 6. The van der Waals surface area contributed by atoms with Crippen LogP contribution in [0.4, 0.5) is 5.69 Å². The second kappa shape index (κ2) is 15.5. The van der Waals surface area contributed by atoms with E-state index in [1.165, 1.54) is 30.5 Å². The predicted molar refractivity (Wildman–Crippen MR) is 167 cm³/mol. The molecule has 10 nitrogen and oxygen atoms in total. The molecule has 0 radical (unpaired) electrons. The van der Waals surface area contributed by atoms with Gasteiger partial charge in [0.1, 0.15) is 0 Å². The molecule has 2 aliphatic rings. The molecule has 0 bridgehead atoms. The number of carbonyl (C=O) groups excluding carboxylic acids is 2. The van der Waals surface area contributed by atoms with Crippen LogP contribution >= 0.6 is 0 Å². The number of hydrogen-bond acceptors (Lipinski definition) is 8. The van der Waals surface area contributed by atoms with Crippen molar-refractivity contribution in [3.63, 3.8) is 0 Å². The minimum absolute atomic E-state index is 0.0227. The molecule has 10 heteroatoms. The van der Waals surface area contributed by atoms with Gasteiger partial charge in [-0.05, 0) is 67.3 Å². The third-order valence-electron chi connectivity index (χ3n) is 7.02. The first-order chi connectivity index (χ1) is 19.9. The van der Waals surface area contributed by atoms with Crippen molar-refractivity contribution in [3.05, 3.63) is 71.4 Å². The molecule has 1 aliphatic heterocycles. The fourth-order valence-corrected chi connectivity index (χ4v) is 5.13. The van der Waals surface area contributed by atoms with Gasteiger partial charge in [-0.2, -0.15) is 0 Å². The lowest BCUT2D eigenvalue weighted by molar-refractivity contribution is -0.118. The molecule has 218 valence electrons. The van der Waals surface area contributed by atoms with Crippen LogP contribution in [0.25, 0.3) is 22.2 Å². The average Bonchev–Trinajstić information content (AvgIpc) is 3.00. The number of piperazine rings is 1. The largest absolute Gasteiger partial charge is 0.405 e. The number of nitrogens with one attached hydrogen (secondary N) is 3. The lowest BCUT2D eigenvalue weighted by Crippen LogP contribution is -2.46. The molecule has 1 aliphatic carbocycles. The average molecular weight is 559 g/mol. The number of carbonyl (C=O) groups is 2. The zero-order valence-electron chi connectivity index (χ0n) is 23.8. The Morgan fingerprint density at radius 3 is 2.29 bits per heavy atom. The van der Waals surface area contributed by atoms with E-state index >= 15 is 0 Å². The Bertz CT molecular complexity index is 1370. The molecule has 1 saturated heterocycles. The second-order valence-corrected chi connectivity index (χ2v) is 9.86. The summed E-state index contributed by atoms with van der Waals surface area (Å²) in [5.41, 5.74) is 23.4. The Balaban J connectivity index is 0.000000401. The smallest absolute Gasteiger partial charge is 0.253 e. The Morgan fingerprint density at radius 2 is 1.73 bits per heavy atom. The van der Waals surface area contributed by atoms with Gasteiger partial charge in [0, 0.05) is 80.2 Å². The van der Waals surface area contributed by atoms with Crippen molar-refractivity contribution in [1.29, 1.82) is 5.41 Å². The van der Waals surface area contributed by atoms with Gasteiger partial charge in [0.25, 0.3) is 5.91 Å². The van der Waals surface area contributed by atoms with Crippen LogP contribution < -0.4 is 27.8 Å². The third-order valence-corrected chi connectivity index (χ3v) is 7.02. The summed E-state index contributed by atoms with van der Waals surface area (Å²) >= 11 is 0. The van der Waals surface area contributed by atoms with Gasteiger partial charge in [0.2, 0.25) is 5.91 Å². The molecular formula is C31H42N8O2. The standard InChI is InChI=1S/C25H27N5O.C4H10N2O.C2H5N/c26-15-20-21(27)9-10-22-23(20)18-3-1-2-4-19(18)24(29-22)16-5-7-17(8-6-16)25(31)30-13-11-28-12-14-30;1-4(7)6-3-2-5;1-2-3/h5-10,15,26,28H,1-4,11-14,27H2;2-3,5H2,1H3,(H,6,7);2H,1,3H2. The number of aryl methyl sites for hydroxylation is 1. The Kier molecular flexibility index (Phi) is 11.8. The van der Waals surface area contributed by atoms with Gasteiger partial charge in [-0.15, -0.1) is 0 Å². The molecule has 2 aromatic carbocycles. The lowest BCUT2D eigenvalue weighted by atomic mass is 9.85. The second-order valence-electron chi connectivity index (χ2n) is 9.86. The molecule has 0 saturated carbocycles. The quantitative estimate of drug-likeness (QED) is 0.206. The number of nitrogen functional groups attached to an aromatic ring is 1. The summed E-state index contributed by atoms with van der Waals surface area (Å²) in [7, 11) is 0. The monoisotopic (exact) mass is 558 g/mol. The van der Waals surface area contributed by atoms with Crippen molar-refractivity contribution in [2.75, 3.05) is 45.0 Å². The molecule has 2 heterocycles. The van der Waals surface area contributed by atoms with Crippen molar-refractivity contribution < 1.29 is 9.59 Å². The van der Waals surface area contributed by atoms with Gasteiger partial charge in [0.15, 0.2) is 0 Å². The summed E-state index contributed by atoms with van der Waals surface area (Å²) in [5, 5.41) is 14.7. The van der Waals surface area contributed by atoms with Gasteiger partial charge in [-0.25, -0.2) is 4.98 Å². The van der Waals surface area contributed by atoms with Crippen LogP contribution in [0.3, 0.4) is 0 Å². The number of benzene rings is 2.